The molecular weight excluding hydrogens is 438 g/mol. The highest BCUT2D eigenvalue weighted by molar-refractivity contribution is 8.18. The number of imide groups is 1. The molecule has 0 N–H and O–H groups in total. The van der Waals surface area contributed by atoms with Crippen LogP contribution < -0.4 is 9.47 Å². The number of ether oxygens (including phenoxy) is 2. The van der Waals surface area contributed by atoms with Crippen molar-refractivity contribution in [1.29, 1.82) is 0 Å². The fraction of sp³-hybridized carbons (Fsp3) is 0.115. The normalized spacial score (nSPS) is 14.5. The molecule has 6 nitrogen and oxygen atoms in total. The van der Waals surface area contributed by atoms with Gasteiger partial charge in [-0.2, -0.15) is 0 Å². The van der Waals surface area contributed by atoms with Crippen molar-refractivity contribution in [3.8, 4) is 11.5 Å². The number of benzene rings is 3. The third kappa shape index (κ3) is 5.90. The van der Waals surface area contributed by atoms with Gasteiger partial charge in [0.05, 0.1) is 11.4 Å². The molecule has 1 saturated heterocycles. The van der Waals surface area contributed by atoms with E-state index in [4.69, 9.17) is 9.47 Å². The van der Waals surface area contributed by atoms with Gasteiger partial charge in [-0.05, 0) is 65.4 Å². The van der Waals surface area contributed by atoms with Crippen LogP contribution in [0.15, 0.2) is 83.8 Å². The molecule has 1 fully saturated rings. The molecule has 0 atom stereocenters. The summed E-state index contributed by atoms with van der Waals surface area (Å²) in [6.45, 7) is 0.975. The molecular formula is C26H21NO5S. The molecule has 0 bridgehead atoms. The lowest BCUT2D eigenvalue weighted by Crippen LogP contribution is -2.27. The van der Waals surface area contributed by atoms with Crippen molar-refractivity contribution in [1.82, 2.24) is 4.90 Å². The monoisotopic (exact) mass is 459 g/mol. The van der Waals surface area contributed by atoms with Gasteiger partial charge in [0.2, 0.25) is 0 Å². The molecule has 1 aliphatic heterocycles. The molecule has 0 aliphatic carbocycles. The summed E-state index contributed by atoms with van der Waals surface area (Å²) < 4.78 is 11.3. The van der Waals surface area contributed by atoms with Crippen LogP contribution >= 0.6 is 11.8 Å². The van der Waals surface area contributed by atoms with Gasteiger partial charge in [-0.3, -0.25) is 19.3 Å². The molecule has 0 radical (unpaired) electrons. The first kappa shape index (κ1) is 22.4. The first-order valence-electron chi connectivity index (χ1n) is 10.3. The van der Waals surface area contributed by atoms with E-state index in [2.05, 4.69) is 0 Å². The molecule has 1 aliphatic rings. The van der Waals surface area contributed by atoms with E-state index in [0.717, 1.165) is 29.2 Å². The van der Waals surface area contributed by atoms with Crippen molar-refractivity contribution in [3.63, 3.8) is 0 Å². The number of thioether (sulfide) groups is 1. The van der Waals surface area contributed by atoms with Gasteiger partial charge in [0.25, 0.3) is 11.1 Å². The van der Waals surface area contributed by atoms with Crippen LogP contribution in [0.2, 0.25) is 0 Å². The van der Waals surface area contributed by atoms with Crippen LogP contribution in [0.3, 0.4) is 0 Å². The number of hydrogen-bond donors (Lipinski definition) is 0. The average molecular weight is 460 g/mol. The largest absolute Gasteiger partial charge is 0.490 e. The van der Waals surface area contributed by atoms with E-state index in [1.54, 1.807) is 42.5 Å². The van der Waals surface area contributed by atoms with Crippen molar-refractivity contribution in [3.05, 3.63) is 100 Å². The lowest BCUT2D eigenvalue weighted by molar-refractivity contribution is -0.123. The summed E-state index contributed by atoms with van der Waals surface area (Å²) in [7, 11) is 0. The molecule has 2 amide bonds. The van der Waals surface area contributed by atoms with Crippen molar-refractivity contribution < 1.29 is 23.9 Å². The van der Waals surface area contributed by atoms with Crippen LogP contribution in [0, 0.1) is 0 Å². The van der Waals surface area contributed by atoms with E-state index >= 15 is 0 Å². The molecule has 0 unspecified atom stereocenters. The summed E-state index contributed by atoms with van der Waals surface area (Å²) in [4.78, 5) is 37.3. The number of carbonyl (C=O) groups excluding carboxylic acids is 3. The fourth-order valence-electron chi connectivity index (χ4n) is 3.18. The van der Waals surface area contributed by atoms with E-state index in [0.29, 0.717) is 35.2 Å². The Balaban J connectivity index is 1.29. The minimum Gasteiger partial charge on any atom is -0.490 e. The second kappa shape index (κ2) is 10.7. The number of nitrogens with zero attached hydrogens (tertiary/aromatic N) is 1. The second-order valence-corrected chi connectivity index (χ2v) is 8.20. The maximum atomic E-state index is 12.7. The van der Waals surface area contributed by atoms with Gasteiger partial charge in [-0.15, -0.1) is 0 Å². The third-order valence-corrected chi connectivity index (χ3v) is 5.78. The Kier molecular flexibility index (Phi) is 7.22. The number of hydrogen-bond acceptors (Lipinski definition) is 6. The van der Waals surface area contributed by atoms with Gasteiger partial charge in [-0.1, -0.05) is 42.5 Å². The first-order valence-corrected chi connectivity index (χ1v) is 11.1. The standard InChI is InChI=1S/C26H21NO5S/c28-18-21-8-12-23(13-9-21)32-15-14-31-22-10-6-19(7-11-22)16-24-25(29)27(26(30)33-24)17-20-4-2-1-3-5-20/h1-13,16,18H,14-15,17H2/b24-16+. The van der Waals surface area contributed by atoms with Crippen molar-refractivity contribution >= 4 is 35.3 Å². The number of carbonyl (C=O) groups is 3. The van der Waals surface area contributed by atoms with Crippen molar-refractivity contribution in [2.24, 2.45) is 0 Å². The predicted octanol–water partition coefficient (Wildman–Crippen LogP) is 5.19. The van der Waals surface area contributed by atoms with Gasteiger partial charge in [0.15, 0.2) is 0 Å². The number of rotatable bonds is 9. The fourth-order valence-corrected chi connectivity index (χ4v) is 4.01. The molecule has 0 saturated carbocycles. The lowest BCUT2D eigenvalue weighted by atomic mass is 10.2. The van der Waals surface area contributed by atoms with Crippen LogP contribution in [-0.2, 0) is 11.3 Å². The molecule has 3 aromatic carbocycles. The Labute approximate surface area is 195 Å². The van der Waals surface area contributed by atoms with Gasteiger partial charge in [0, 0.05) is 5.56 Å². The molecule has 0 aromatic heterocycles. The minimum absolute atomic E-state index is 0.263. The van der Waals surface area contributed by atoms with Crippen LogP contribution in [0.4, 0.5) is 4.79 Å². The van der Waals surface area contributed by atoms with Crippen molar-refractivity contribution in [2.75, 3.05) is 13.2 Å². The van der Waals surface area contributed by atoms with E-state index < -0.39 is 0 Å². The zero-order valence-corrected chi connectivity index (χ0v) is 18.5. The summed E-state index contributed by atoms with van der Waals surface area (Å²) in [5.41, 5.74) is 2.31. The van der Waals surface area contributed by atoms with Gasteiger partial charge < -0.3 is 9.47 Å². The summed E-state index contributed by atoms with van der Waals surface area (Å²) >= 11 is 0.949. The molecule has 4 rings (SSSR count). The minimum atomic E-state index is -0.285. The lowest BCUT2D eigenvalue weighted by Gasteiger charge is -2.12. The summed E-state index contributed by atoms with van der Waals surface area (Å²) in [5.74, 6) is 1.05. The Morgan fingerprint density at radius 1 is 0.758 bits per heavy atom. The summed E-state index contributed by atoms with van der Waals surface area (Å²) in [5, 5.41) is -0.268. The molecule has 33 heavy (non-hydrogen) atoms. The highest BCUT2D eigenvalue weighted by Crippen LogP contribution is 2.33. The van der Waals surface area contributed by atoms with Crippen LogP contribution in [0.25, 0.3) is 6.08 Å². The quantitative estimate of drug-likeness (QED) is 0.249. The highest BCUT2D eigenvalue weighted by Gasteiger charge is 2.34. The van der Waals surface area contributed by atoms with E-state index in [1.165, 1.54) is 4.90 Å². The Morgan fingerprint density at radius 2 is 1.33 bits per heavy atom. The van der Waals surface area contributed by atoms with E-state index in [1.807, 2.05) is 42.5 Å². The Morgan fingerprint density at radius 3 is 1.91 bits per heavy atom. The van der Waals surface area contributed by atoms with Gasteiger partial charge >= 0.3 is 0 Å². The smallest absolute Gasteiger partial charge is 0.293 e. The molecule has 1 heterocycles. The van der Waals surface area contributed by atoms with Crippen LogP contribution in [0.5, 0.6) is 11.5 Å². The first-order chi connectivity index (χ1) is 16.1. The second-order valence-electron chi connectivity index (χ2n) is 7.21. The maximum absolute atomic E-state index is 12.7. The van der Waals surface area contributed by atoms with Gasteiger partial charge in [0.1, 0.15) is 31.0 Å². The summed E-state index contributed by atoms with van der Waals surface area (Å²) in [6, 6.07) is 23.6. The maximum Gasteiger partial charge on any atom is 0.293 e. The number of amides is 2. The van der Waals surface area contributed by atoms with Gasteiger partial charge in [-0.25, -0.2) is 0 Å². The molecule has 7 heteroatoms. The van der Waals surface area contributed by atoms with Crippen molar-refractivity contribution in [2.45, 2.75) is 6.54 Å². The topological polar surface area (TPSA) is 72.9 Å². The van der Waals surface area contributed by atoms with Crippen LogP contribution in [-0.4, -0.2) is 35.5 Å². The van der Waals surface area contributed by atoms with E-state index in [9.17, 15) is 14.4 Å². The summed E-state index contributed by atoms with van der Waals surface area (Å²) in [6.07, 6.45) is 2.50. The zero-order chi connectivity index (χ0) is 23.0. The molecule has 3 aromatic rings. The SMILES string of the molecule is O=Cc1ccc(OCCOc2ccc(/C=C3/SC(=O)N(Cc4ccccc4)C3=O)cc2)cc1. The predicted molar refractivity (Wildman–Crippen MR) is 127 cm³/mol. The highest BCUT2D eigenvalue weighted by atomic mass is 32.2. The third-order valence-electron chi connectivity index (χ3n) is 4.87. The Hall–Kier alpha value is -3.84. The van der Waals surface area contributed by atoms with Crippen LogP contribution in [0.1, 0.15) is 21.5 Å². The average Bonchev–Trinajstić information content (AvgIpc) is 3.11. The molecule has 0 spiro atoms. The number of aldehydes is 1. The zero-order valence-electron chi connectivity index (χ0n) is 17.7. The molecule has 166 valence electrons. The Bertz CT molecular complexity index is 1160. The van der Waals surface area contributed by atoms with E-state index in [-0.39, 0.29) is 17.7 Å².